The minimum atomic E-state index is -1.40. The van der Waals surface area contributed by atoms with Crippen LogP contribution in [0.15, 0.2) is 24.3 Å². The fraction of sp³-hybridized carbons (Fsp3) is 0.583. The lowest BCUT2D eigenvalue weighted by atomic mass is 9.96. The highest BCUT2D eigenvalue weighted by Gasteiger charge is 2.34. The van der Waals surface area contributed by atoms with E-state index in [1.165, 1.54) is 19.1 Å². The normalized spacial score (nSPS) is 16.3. The minimum absolute atomic E-state index is 0.0700. The van der Waals surface area contributed by atoms with Crippen molar-refractivity contribution in [3.8, 4) is 5.75 Å². The Labute approximate surface area is 205 Å². The Hall–Kier alpha value is -3.18. The zero-order valence-electron chi connectivity index (χ0n) is 20.8. The summed E-state index contributed by atoms with van der Waals surface area (Å²) in [6.07, 6.45) is -0.673. The molecule has 3 amide bonds. The van der Waals surface area contributed by atoms with Gasteiger partial charge in [-0.3, -0.25) is 14.4 Å². The maximum atomic E-state index is 13.0. The van der Waals surface area contributed by atoms with Gasteiger partial charge in [0.1, 0.15) is 23.9 Å². The highest BCUT2D eigenvalue weighted by atomic mass is 16.4. The molecule has 196 valence electrons. The number of carboxylic acid groups (broad SMARTS) is 1. The first-order valence-corrected chi connectivity index (χ1v) is 11.6. The molecule has 0 heterocycles. The van der Waals surface area contributed by atoms with Crippen LogP contribution in [0, 0.1) is 11.8 Å². The summed E-state index contributed by atoms with van der Waals surface area (Å²) in [7, 11) is 0. The molecule has 0 bridgehead atoms. The van der Waals surface area contributed by atoms with E-state index in [-0.39, 0.29) is 24.0 Å². The molecule has 11 nitrogen and oxygen atoms in total. The molecule has 1 aromatic rings. The smallest absolute Gasteiger partial charge is 0.326 e. The molecule has 11 heteroatoms. The van der Waals surface area contributed by atoms with E-state index in [0.29, 0.717) is 12.0 Å². The fourth-order valence-corrected chi connectivity index (χ4v) is 3.35. The van der Waals surface area contributed by atoms with Crippen molar-refractivity contribution in [1.29, 1.82) is 0 Å². The average molecular weight is 495 g/mol. The van der Waals surface area contributed by atoms with E-state index in [0.717, 1.165) is 0 Å². The molecule has 35 heavy (non-hydrogen) atoms. The van der Waals surface area contributed by atoms with Crippen molar-refractivity contribution in [2.45, 2.75) is 77.7 Å². The van der Waals surface area contributed by atoms with Gasteiger partial charge >= 0.3 is 5.97 Å². The number of aliphatic hydroxyl groups is 1. The number of aliphatic hydroxyl groups excluding tert-OH is 1. The Morgan fingerprint density at radius 3 is 1.80 bits per heavy atom. The number of nitrogens with two attached hydrogens (primary N) is 1. The Morgan fingerprint density at radius 1 is 0.857 bits per heavy atom. The van der Waals surface area contributed by atoms with Crippen LogP contribution >= 0.6 is 0 Å². The van der Waals surface area contributed by atoms with E-state index in [4.69, 9.17) is 5.73 Å². The maximum absolute atomic E-state index is 13.0. The molecule has 0 aliphatic heterocycles. The number of rotatable bonds is 13. The van der Waals surface area contributed by atoms with Crippen LogP contribution in [0.3, 0.4) is 0 Å². The van der Waals surface area contributed by atoms with Crippen molar-refractivity contribution < 1.29 is 34.5 Å². The summed E-state index contributed by atoms with van der Waals surface area (Å²) in [6.45, 7) is 8.14. The Balaban J connectivity index is 2.95. The van der Waals surface area contributed by atoms with Gasteiger partial charge in [-0.15, -0.1) is 0 Å². The van der Waals surface area contributed by atoms with Crippen molar-refractivity contribution >= 4 is 23.7 Å². The van der Waals surface area contributed by atoms with Gasteiger partial charge in [0.15, 0.2) is 0 Å². The van der Waals surface area contributed by atoms with Gasteiger partial charge in [-0.05, 0) is 42.9 Å². The highest BCUT2D eigenvalue weighted by molar-refractivity contribution is 5.94. The maximum Gasteiger partial charge on any atom is 0.326 e. The van der Waals surface area contributed by atoms with E-state index >= 15 is 0 Å². The number of phenols is 1. The SMILES string of the molecule is CCC(C)C(NC(=O)C(NC(=O)C(N)Cc1ccc(O)cc1)C(C)O)C(=O)NC(C(=O)O)C(C)C. The fourth-order valence-electron chi connectivity index (χ4n) is 3.35. The van der Waals surface area contributed by atoms with Crippen LogP contribution in [0.4, 0.5) is 0 Å². The highest BCUT2D eigenvalue weighted by Crippen LogP contribution is 2.12. The number of aromatic hydroxyl groups is 1. The molecule has 0 aliphatic carbocycles. The second kappa shape index (κ2) is 13.6. The van der Waals surface area contributed by atoms with Crippen molar-refractivity contribution in [1.82, 2.24) is 16.0 Å². The average Bonchev–Trinajstić information content (AvgIpc) is 2.78. The minimum Gasteiger partial charge on any atom is -0.508 e. The van der Waals surface area contributed by atoms with Crippen LogP contribution in [0.1, 0.15) is 46.6 Å². The molecule has 0 radical (unpaired) electrons. The predicted molar refractivity (Wildman–Crippen MR) is 129 cm³/mol. The van der Waals surface area contributed by atoms with Gasteiger partial charge in [0.2, 0.25) is 17.7 Å². The lowest BCUT2D eigenvalue weighted by molar-refractivity contribution is -0.144. The lowest BCUT2D eigenvalue weighted by Gasteiger charge is -2.29. The molecule has 0 spiro atoms. The summed E-state index contributed by atoms with van der Waals surface area (Å²) >= 11 is 0. The molecule has 0 aromatic heterocycles. The molecule has 6 unspecified atom stereocenters. The summed E-state index contributed by atoms with van der Waals surface area (Å²) in [4.78, 5) is 49.9. The van der Waals surface area contributed by atoms with Crippen LogP contribution in [-0.2, 0) is 25.6 Å². The first-order valence-electron chi connectivity index (χ1n) is 11.6. The second-order valence-electron chi connectivity index (χ2n) is 9.14. The monoisotopic (exact) mass is 494 g/mol. The van der Waals surface area contributed by atoms with Crippen molar-refractivity contribution in [2.75, 3.05) is 0 Å². The molecule has 0 saturated heterocycles. The van der Waals surface area contributed by atoms with Crippen molar-refractivity contribution in [2.24, 2.45) is 17.6 Å². The number of aliphatic carboxylic acids is 1. The van der Waals surface area contributed by atoms with Gasteiger partial charge in [-0.1, -0.05) is 46.2 Å². The van der Waals surface area contributed by atoms with Crippen molar-refractivity contribution in [3.63, 3.8) is 0 Å². The number of phenolic OH excluding ortho intramolecular Hbond substituents is 1. The van der Waals surface area contributed by atoms with E-state index in [9.17, 15) is 34.5 Å². The number of carbonyl (C=O) groups is 4. The van der Waals surface area contributed by atoms with E-state index in [1.807, 2.05) is 6.92 Å². The van der Waals surface area contributed by atoms with Crippen molar-refractivity contribution in [3.05, 3.63) is 29.8 Å². The number of benzene rings is 1. The first kappa shape index (κ1) is 29.9. The number of amides is 3. The molecule has 1 aromatic carbocycles. The Kier molecular flexibility index (Phi) is 11.6. The van der Waals surface area contributed by atoms with Gasteiger partial charge < -0.3 is 37.0 Å². The summed E-state index contributed by atoms with van der Waals surface area (Å²) in [6, 6.07) is 1.47. The number of nitrogens with one attached hydrogen (secondary N) is 3. The molecule has 6 atom stereocenters. The van der Waals surface area contributed by atoms with Gasteiger partial charge in [0.25, 0.3) is 0 Å². The first-order chi connectivity index (χ1) is 16.3. The molecule has 0 saturated carbocycles. The third-order valence-corrected chi connectivity index (χ3v) is 5.82. The van der Waals surface area contributed by atoms with Gasteiger partial charge in [-0.2, -0.15) is 0 Å². The van der Waals surface area contributed by atoms with Crippen LogP contribution in [0.5, 0.6) is 5.75 Å². The van der Waals surface area contributed by atoms with Crippen LogP contribution < -0.4 is 21.7 Å². The van der Waals surface area contributed by atoms with E-state index < -0.39 is 54.0 Å². The molecule has 8 N–H and O–H groups in total. The number of carboxylic acids is 1. The summed E-state index contributed by atoms with van der Waals surface area (Å²) in [5.74, 6) is -4.03. The third-order valence-electron chi connectivity index (χ3n) is 5.82. The van der Waals surface area contributed by atoms with Gasteiger partial charge in [0.05, 0.1) is 12.1 Å². The van der Waals surface area contributed by atoms with Crippen LogP contribution in [0.2, 0.25) is 0 Å². The standard InChI is InChI=1S/C24H38N4O7/c1-6-13(4)19(22(32)26-18(12(2)3)24(34)35)27-23(33)20(14(5)29)28-21(31)17(25)11-15-7-9-16(30)10-8-15/h7-10,12-14,17-20,29-30H,6,11,25H2,1-5H3,(H,26,32)(H,27,33)(H,28,31)(H,34,35). The second-order valence-corrected chi connectivity index (χ2v) is 9.14. The van der Waals surface area contributed by atoms with E-state index in [2.05, 4.69) is 16.0 Å². The molecule has 1 rings (SSSR count). The summed E-state index contributed by atoms with van der Waals surface area (Å²) < 4.78 is 0. The van der Waals surface area contributed by atoms with E-state index in [1.54, 1.807) is 32.9 Å². The predicted octanol–water partition coefficient (Wildman–Crippen LogP) is -0.116. The third kappa shape index (κ3) is 9.18. The molecular formula is C24H38N4O7. The number of hydrogen-bond donors (Lipinski definition) is 7. The summed E-state index contributed by atoms with van der Waals surface area (Å²) in [5, 5.41) is 36.3. The quantitative estimate of drug-likeness (QED) is 0.197. The van der Waals surface area contributed by atoms with Crippen LogP contribution in [0.25, 0.3) is 0 Å². The molecular weight excluding hydrogens is 456 g/mol. The zero-order valence-corrected chi connectivity index (χ0v) is 20.8. The van der Waals surface area contributed by atoms with Crippen LogP contribution in [-0.4, -0.2) is 69.3 Å². The van der Waals surface area contributed by atoms with Gasteiger partial charge in [-0.25, -0.2) is 4.79 Å². The zero-order chi connectivity index (χ0) is 26.9. The Bertz CT molecular complexity index is 873. The molecule has 0 fully saturated rings. The largest absolute Gasteiger partial charge is 0.508 e. The lowest BCUT2D eigenvalue weighted by Crippen LogP contribution is -2.61. The Morgan fingerprint density at radius 2 is 1.34 bits per heavy atom. The molecule has 0 aliphatic rings. The number of hydrogen-bond acceptors (Lipinski definition) is 7. The summed E-state index contributed by atoms with van der Waals surface area (Å²) in [5.41, 5.74) is 6.65. The van der Waals surface area contributed by atoms with Gasteiger partial charge in [0, 0.05) is 0 Å². The topological polar surface area (TPSA) is 191 Å². The number of carbonyl (C=O) groups excluding carboxylic acids is 3.